The topological polar surface area (TPSA) is 94.7 Å². The quantitative estimate of drug-likeness (QED) is 0.451. The highest BCUT2D eigenvalue weighted by Crippen LogP contribution is 2.29. The van der Waals surface area contributed by atoms with Crippen LogP contribution in [0.15, 0.2) is 6.07 Å². The lowest BCUT2D eigenvalue weighted by atomic mass is 10.5. The van der Waals surface area contributed by atoms with Crippen molar-refractivity contribution in [1.82, 2.24) is 4.73 Å². The van der Waals surface area contributed by atoms with Crippen LogP contribution in [0.25, 0.3) is 0 Å². The second kappa shape index (κ2) is 2.65. The molecule has 1 heterocycles. The van der Waals surface area contributed by atoms with Gasteiger partial charge in [0.25, 0.3) is 5.88 Å². The molecule has 0 saturated heterocycles. The summed E-state index contributed by atoms with van der Waals surface area (Å²) in [5.74, 6) is -1.56. The number of amides is 1. The van der Waals surface area contributed by atoms with Crippen LogP contribution < -0.4 is 5.32 Å². The Morgan fingerprint density at radius 1 is 1.58 bits per heavy atom. The van der Waals surface area contributed by atoms with Crippen LogP contribution in [0.5, 0.6) is 11.8 Å². The van der Waals surface area contributed by atoms with E-state index in [-0.39, 0.29) is 10.4 Å². The standard InChI is InChI=1S/C6H8N2O4/c1-3(9)7-4-2-5(10)8(12)6(4)11/h2,10-12H,1H3,(H,7,9). The maximum absolute atomic E-state index is 10.5. The molecule has 1 aromatic heterocycles. The zero-order chi connectivity index (χ0) is 9.30. The van der Waals surface area contributed by atoms with E-state index in [0.29, 0.717) is 0 Å². The summed E-state index contributed by atoms with van der Waals surface area (Å²) in [6.45, 7) is 1.24. The third kappa shape index (κ3) is 1.26. The minimum absolute atomic E-state index is 0.0394. The van der Waals surface area contributed by atoms with Gasteiger partial charge in [-0.05, 0) is 0 Å². The van der Waals surface area contributed by atoms with Crippen molar-refractivity contribution in [2.24, 2.45) is 0 Å². The number of hydrogen-bond donors (Lipinski definition) is 4. The first-order valence-electron chi connectivity index (χ1n) is 3.13. The highest BCUT2D eigenvalue weighted by molar-refractivity contribution is 5.90. The third-order valence-electron chi connectivity index (χ3n) is 1.24. The third-order valence-corrected chi connectivity index (χ3v) is 1.24. The lowest BCUT2D eigenvalue weighted by Crippen LogP contribution is -2.05. The van der Waals surface area contributed by atoms with Gasteiger partial charge < -0.3 is 20.7 Å². The van der Waals surface area contributed by atoms with Gasteiger partial charge in [0.05, 0.1) is 0 Å². The molecule has 4 N–H and O–H groups in total. The summed E-state index contributed by atoms with van der Waals surface area (Å²) < 4.78 is 0.158. The van der Waals surface area contributed by atoms with Gasteiger partial charge in [-0.3, -0.25) is 4.79 Å². The molecular weight excluding hydrogens is 164 g/mol. The number of aromatic hydroxyl groups is 2. The molecular formula is C6H8N2O4. The van der Waals surface area contributed by atoms with Crippen LogP contribution in [-0.4, -0.2) is 26.1 Å². The molecule has 0 unspecified atom stereocenters. The maximum Gasteiger partial charge on any atom is 0.253 e. The summed E-state index contributed by atoms with van der Waals surface area (Å²) in [6, 6.07) is 1.02. The second-order valence-electron chi connectivity index (χ2n) is 2.23. The Kier molecular flexibility index (Phi) is 1.82. The van der Waals surface area contributed by atoms with Crippen molar-refractivity contribution in [3.05, 3.63) is 6.07 Å². The van der Waals surface area contributed by atoms with Crippen LogP contribution in [0.2, 0.25) is 0 Å². The van der Waals surface area contributed by atoms with Gasteiger partial charge in [-0.2, -0.15) is 0 Å². The molecule has 0 aliphatic heterocycles. The first-order chi connectivity index (χ1) is 5.52. The molecule has 12 heavy (non-hydrogen) atoms. The summed E-state index contributed by atoms with van der Waals surface area (Å²) in [5, 5.41) is 28.9. The van der Waals surface area contributed by atoms with E-state index in [2.05, 4.69) is 5.32 Å². The van der Waals surface area contributed by atoms with Crippen LogP contribution in [0.3, 0.4) is 0 Å². The van der Waals surface area contributed by atoms with Crippen molar-refractivity contribution in [2.45, 2.75) is 6.92 Å². The fourth-order valence-electron chi connectivity index (χ4n) is 0.759. The van der Waals surface area contributed by atoms with Crippen molar-refractivity contribution in [3.63, 3.8) is 0 Å². The maximum atomic E-state index is 10.5. The molecule has 1 amide bonds. The fraction of sp³-hybridized carbons (Fsp3) is 0.167. The van der Waals surface area contributed by atoms with E-state index in [1.54, 1.807) is 0 Å². The molecule has 6 nitrogen and oxygen atoms in total. The van der Waals surface area contributed by atoms with E-state index in [9.17, 15) is 4.79 Å². The summed E-state index contributed by atoms with van der Waals surface area (Å²) in [5.41, 5.74) is -0.0394. The van der Waals surface area contributed by atoms with E-state index >= 15 is 0 Å². The highest BCUT2D eigenvalue weighted by Gasteiger charge is 2.13. The largest absolute Gasteiger partial charge is 0.492 e. The lowest BCUT2D eigenvalue weighted by Gasteiger charge is -1.98. The number of nitrogens with zero attached hydrogens (tertiary/aromatic N) is 1. The van der Waals surface area contributed by atoms with E-state index in [0.717, 1.165) is 6.07 Å². The Balaban J connectivity index is 3.01. The minimum Gasteiger partial charge on any atom is -0.492 e. The summed E-state index contributed by atoms with van der Waals surface area (Å²) >= 11 is 0. The molecule has 0 aliphatic carbocycles. The van der Waals surface area contributed by atoms with Gasteiger partial charge in [0.2, 0.25) is 11.8 Å². The monoisotopic (exact) mass is 172 g/mol. The Labute approximate surface area is 67.6 Å². The Morgan fingerprint density at radius 3 is 2.50 bits per heavy atom. The predicted octanol–water partition coefficient (Wildman–Crippen LogP) is 0.0950. The second-order valence-corrected chi connectivity index (χ2v) is 2.23. The molecule has 66 valence electrons. The van der Waals surface area contributed by atoms with E-state index in [1.807, 2.05) is 0 Å². The molecule has 0 aromatic carbocycles. The van der Waals surface area contributed by atoms with Crippen LogP contribution in [0.4, 0.5) is 5.69 Å². The zero-order valence-electron chi connectivity index (χ0n) is 6.27. The van der Waals surface area contributed by atoms with Crippen molar-refractivity contribution in [1.29, 1.82) is 0 Å². The number of anilines is 1. The molecule has 0 aliphatic rings. The van der Waals surface area contributed by atoms with Crippen LogP contribution in [0, 0.1) is 0 Å². The van der Waals surface area contributed by atoms with Gasteiger partial charge in [-0.25, -0.2) is 0 Å². The fourth-order valence-corrected chi connectivity index (χ4v) is 0.759. The zero-order valence-corrected chi connectivity index (χ0v) is 6.27. The number of carbonyl (C=O) groups is 1. The predicted molar refractivity (Wildman–Crippen MR) is 39.2 cm³/mol. The van der Waals surface area contributed by atoms with Crippen LogP contribution >= 0.6 is 0 Å². The molecule has 1 rings (SSSR count). The number of aromatic nitrogens is 1. The number of hydrogen-bond acceptors (Lipinski definition) is 4. The SMILES string of the molecule is CC(=O)Nc1cc(O)n(O)c1O. The highest BCUT2D eigenvalue weighted by atomic mass is 16.5. The first kappa shape index (κ1) is 8.25. The minimum atomic E-state index is -0.609. The van der Waals surface area contributed by atoms with Crippen molar-refractivity contribution < 1.29 is 20.2 Å². The van der Waals surface area contributed by atoms with Crippen LogP contribution in [0.1, 0.15) is 6.92 Å². The van der Waals surface area contributed by atoms with Gasteiger partial charge in [0.15, 0.2) is 0 Å². The smallest absolute Gasteiger partial charge is 0.253 e. The molecule has 0 spiro atoms. The Bertz CT molecular complexity index is 318. The average molecular weight is 172 g/mol. The first-order valence-corrected chi connectivity index (χ1v) is 3.13. The Morgan fingerprint density at radius 2 is 2.17 bits per heavy atom. The Hall–Kier alpha value is -1.85. The molecule has 6 heteroatoms. The lowest BCUT2D eigenvalue weighted by molar-refractivity contribution is -0.114. The summed E-state index contributed by atoms with van der Waals surface area (Å²) in [4.78, 5) is 10.5. The average Bonchev–Trinajstić information content (AvgIpc) is 2.17. The van der Waals surface area contributed by atoms with Crippen molar-refractivity contribution in [3.8, 4) is 11.8 Å². The molecule has 0 saturated carbocycles. The summed E-state index contributed by atoms with van der Waals surface area (Å²) in [7, 11) is 0. The van der Waals surface area contributed by atoms with Gasteiger partial charge in [0.1, 0.15) is 5.69 Å². The molecule has 0 bridgehead atoms. The molecule has 0 fully saturated rings. The van der Waals surface area contributed by atoms with Gasteiger partial charge in [-0.1, -0.05) is 0 Å². The van der Waals surface area contributed by atoms with Gasteiger partial charge in [0, 0.05) is 13.0 Å². The van der Waals surface area contributed by atoms with Crippen LogP contribution in [-0.2, 0) is 4.79 Å². The van der Waals surface area contributed by atoms with Gasteiger partial charge in [-0.15, -0.1) is 4.73 Å². The number of rotatable bonds is 1. The number of nitrogens with one attached hydrogen (secondary N) is 1. The van der Waals surface area contributed by atoms with E-state index < -0.39 is 17.7 Å². The van der Waals surface area contributed by atoms with E-state index in [1.165, 1.54) is 6.92 Å². The van der Waals surface area contributed by atoms with E-state index in [4.69, 9.17) is 15.4 Å². The summed E-state index contributed by atoms with van der Waals surface area (Å²) in [6.07, 6.45) is 0. The molecule has 0 atom stereocenters. The normalized spacial score (nSPS) is 9.75. The number of carbonyl (C=O) groups excluding carboxylic acids is 1. The molecule has 0 radical (unpaired) electrons. The molecule has 1 aromatic rings. The van der Waals surface area contributed by atoms with Gasteiger partial charge >= 0.3 is 0 Å². The van der Waals surface area contributed by atoms with Crippen molar-refractivity contribution in [2.75, 3.05) is 5.32 Å². The van der Waals surface area contributed by atoms with Crippen molar-refractivity contribution >= 4 is 11.6 Å².